The average Bonchev–Trinajstić information content (AvgIpc) is 3.26. The van der Waals surface area contributed by atoms with Crippen LogP contribution in [0.4, 0.5) is 6.01 Å². The lowest BCUT2D eigenvalue weighted by atomic mass is 9.98. The van der Waals surface area contributed by atoms with Crippen LogP contribution in [0, 0.1) is 11.3 Å². The molecule has 1 aromatic carbocycles. The van der Waals surface area contributed by atoms with Crippen molar-refractivity contribution < 1.29 is 9.21 Å². The van der Waals surface area contributed by atoms with Crippen LogP contribution < -0.4 is 10.6 Å². The molecule has 0 radical (unpaired) electrons. The van der Waals surface area contributed by atoms with Crippen LogP contribution in [0.1, 0.15) is 12.8 Å². The first kappa shape index (κ1) is 15.7. The van der Waals surface area contributed by atoms with Gasteiger partial charge in [0.2, 0.25) is 5.96 Å². The van der Waals surface area contributed by atoms with Crippen LogP contribution in [-0.4, -0.2) is 16.7 Å². The number of hydrogen-bond donors (Lipinski definition) is 3. The number of benzene rings is 1. The van der Waals surface area contributed by atoms with Crippen molar-refractivity contribution in [2.45, 2.75) is 12.8 Å². The highest BCUT2D eigenvalue weighted by molar-refractivity contribution is 6.31. The van der Waals surface area contributed by atoms with Crippen molar-refractivity contribution in [1.82, 2.24) is 10.3 Å². The van der Waals surface area contributed by atoms with Gasteiger partial charge in [-0.1, -0.05) is 35.9 Å². The smallest absolute Gasteiger partial charge is 0.302 e. The first-order chi connectivity index (χ1) is 12.1. The fourth-order valence-corrected chi connectivity index (χ4v) is 3.32. The van der Waals surface area contributed by atoms with Crippen molar-refractivity contribution in [3.63, 3.8) is 0 Å². The number of guanidine groups is 1. The Balaban J connectivity index is 1.53. The predicted molar refractivity (Wildman–Crippen MR) is 96.3 cm³/mol. The molecule has 1 unspecified atom stereocenters. The molecule has 6 nitrogen and oxygen atoms in total. The summed E-state index contributed by atoms with van der Waals surface area (Å²) >= 11 is 6.19. The topological polar surface area (TPSA) is 91.0 Å². The lowest BCUT2D eigenvalue weighted by Gasteiger charge is -2.14. The summed E-state index contributed by atoms with van der Waals surface area (Å²) in [6.07, 6.45) is 6.48. The molecule has 25 heavy (non-hydrogen) atoms. The standard InChI is InChI=1S/C18H15ClN4O2/c19-11-5-3-4-10(11)16-13(8-9-14(16)24)21-17(20)23-18-22-12-6-1-2-7-15(12)25-18/h1-7,10H,8-9H2,(H3,20,21,22,23). The summed E-state index contributed by atoms with van der Waals surface area (Å²) in [5, 5.41) is 14.5. The van der Waals surface area contributed by atoms with Gasteiger partial charge < -0.3 is 9.73 Å². The Bertz CT molecular complexity index is 937. The monoisotopic (exact) mass is 354 g/mol. The largest absolute Gasteiger partial charge is 0.423 e. The number of hydrogen-bond acceptors (Lipinski definition) is 4. The van der Waals surface area contributed by atoms with E-state index in [9.17, 15) is 4.79 Å². The molecule has 1 heterocycles. The summed E-state index contributed by atoms with van der Waals surface area (Å²) in [4.78, 5) is 16.5. The van der Waals surface area contributed by atoms with Gasteiger partial charge in [0, 0.05) is 28.6 Å². The number of ketones is 1. The Morgan fingerprint density at radius 3 is 2.88 bits per heavy atom. The lowest BCUT2D eigenvalue weighted by Crippen LogP contribution is -2.30. The van der Waals surface area contributed by atoms with E-state index in [-0.39, 0.29) is 23.7 Å². The molecule has 0 bridgehead atoms. The summed E-state index contributed by atoms with van der Waals surface area (Å²) in [7, 11) is 0. The summed E-state index contributed by atoms with van der Waals surface area (Å²) in [6, 6.07) is 7.59. The quantitative estimate of drug-likeness (QED) is 0.577. The van der Waals surface area contributed by atoms with Gasteiger partial charge in [-0.25, -0.2) is 0 Å². The van der Waals surface area contributed by atoms with Gasteiger partial charge in [-0.2, -0.15) is 4.98 Å². The number of nitrogens with zero attached hydrogens (tertiary/aromatic N) is 1. The minimum atomic E-state index is -0.226. The van der Waals surface area contributed by atoms with E-state index in [0.29, 0.717) is 40.2 Å². The van der Waals surface area contributed by atoms with Crippen LogP contribution in [0.15, 0.2) is 63.2 Å². The Morgan fingerprint density at radius 2 is 2.12 bits per heavy atom. The highest BCUT2D eigenvalue weighted by atomic mass is 35.5. The van der Waals surface area contributed by atoms with Crippen LogP contribution in [0.2, 0.25) is 0 Å². The Kier molecular flexibility index (Phi) is 3.89. The minimum Gasteiger partial charge on any atom is -0.423 e. The highest BCUT2D eigenvalue weighted by Crippen LogP contribution is 2.36. The number of para-hydroxylation sites is 2. The highest BCUT2D eigenvalue weighted by Gasteiger charge is 2.31. The minimum absolute atomic E-state index is 0.00386. The number of halogens is 1. The molecule has 4 rings (SSSR count). The molecule has 126 valence electrons. The molecule has 2 aliphatic carbocycles. The number of oxazole rings is 1. The van der Waals surface area contributed by atoms with Crippen molar-refractivity contribution in [3.05, 3.63) is 58.8 Å². The van der Waals surface area contributed by atoms with Crippen molar-refractivity contribution in [2.75, 3.05) is 5.32 Å². The molecule has 0 aliphatic heterocycles. The van der Waals surface area contributed by atoms with E-state index in [2.05, 4.69) is 15.6 Å². The third-order valence-electron chi connectivity index (χ3n) is 4.20. The van der Waals surface area contributed by atoms with Gasteiger partial charge in [-0.15, -0.1) is 0 Å². The zero-order chi connectivity index (χ0) is 17.4. The van der Waals surface area contributed by atoms with E-state index in [1.54, 1.807) is 6.08 Å². The number of anilines is 1. The van der Waals surface area contributed by atoms with Gasteiger partial charge in [-0.05, 0) is 24.6 Å². The number of carbonyl (C=O) groups excluding carboxylic acids is 1. The third kappa shape index (κ3) is 2.96. The van der Waals surface area contributed by atoms with Crippen LogP contribution >= 0.6 is 11.6 Å². The molecule has 2 aliphatic rings. The molecule has 0 spiro atoms. The SMILES string of the molecule is N=C(NC1=C(C2C=CC=C2Cl)C(=O)CC1)Nc1nc2ccccc2o1. The van der Waals surface area contributed by atoms with E-state index in [0.717, 1.165) is 0 Å². The number of rotatable bonds is 3. The fourth-order valence-electron chi connectivity index (χ4n) is 3.07. The summed E-state index contributed by atoms with van der Waals surface area (Å²) < 4.78 is 5.54. The van der Waals surface area contributed by atoms with Crippen LogP contribution in [-0.2, 0) is 4.79 Å². The van der Waals surface area contributed by atoms with Gasteiger partial charge in [0.05, 0.1) is 0 Å². The second-order valence-corrected chi connectivity index (χ2v) is 6.28. The van der Waals surface area contributed by atoms with E-state index in [1.165, 1.54) is 0 Å². The molecule has 2 aromatic rings. The summed E-state index contributed by atoms with van der Waals surface area (Å²) in [5.74, 6) is -0.174. The van der Waals surface area contributed by atoms with Crippen molar-refractivity contribution in [3.8, 4) is 0 Å². The van der Waals surface area contributed by atoms with Gasteiger partial charge in [0.25, 0.3) is 0 Å². The van der Waals surface area contributed by atoms with Gasteiger partial charge >= 0.3 is 6.01 Å². The number of aromatic nitrogens is 1. The van der Waals surface area contributed by atoms with E-state index >= 15 is 0 Å². The van der Waals surface area contributed by atoms with Crippen molar-refractivity contribution in [1.29, 1.82) is 5.41 Å². The molecule has 0 saturated carbocycles. The second kappa shape index (κ2) is 6.22. The Labute approximate surface area is 148 Å². The number of allylic oxidation sites excluding steroid dienone is 6. The molecule has 0 amide bonds. The number of carbonyl (C=O) groups is 1. The zero-order valence-corrected chi connectivity index (χ0v) is 13.9. The van der Waals surface area contributed by atoms with E-state index < -0.39 is 0 Å². The maximum Gasteiger partial charge on any atom is 0.302 e. The fraction of sp³-hybridized carbons (Fsp3) is 0.167. The van der Waals surface area contributed by atoms with E-state index in [1.807, 2.05) is 36.4 Å². The summed E-state index contributed by atoms with van der Waals surface area (Å²) in [5.41, 5.74) is 2.68. The molecular formula is C18H15ClN4O2. The zero-order valence-electron chi connectivity index (χ0n) is 13.2. The van der Waals surface area contributed by atoms with Crippen LogP contribution in [0.3, 0.4) is 0 Å². The first-order valence-corrected chi connectivity index (χ1v) is 8.28. The number of Topliss-reactive ketones (excluding diaryl/α,β-unsaturated/α-hetero) is 1. The molecular weight excluding hydrogens is 340 g/mol. The maximum absolute atomic E-state index is 12.2. The normalized spacial score (nSPS) is 19.6. The number of nitrogens with one attached hydrogen (secondary N) is 3. The van der Waals surface area contributed by atoms with Crippen molar-refractivity contribution >= 4 is 40.5 Å². The molecule has 1 atom stereocenters. The molecule has 0 saturated heterocycles. The molecule has 1 aromatic heterocycles. The summed E-state index contributed by atoms with van der Waals surface area (Å²) in [6.45, 7) is 0. The first-order valence-electron chi connectivity index (χ1n) is 7.90. The van der Waals surface area contributed by atoms with Crippen molar-refractivity contribution in [2.24, 2.45) is 5.92 Å². The third-order valence-corrected chi connectivity index (χ3v) is 4.56. The van der Waals surface area contributed by atoms with E-state index in [4.69, 9.17) is 21.4 Å². The maximum atomic E-state index is 12.2. The molecule has 0 fully saturated rings. The second-order valence-electron chi connectivity index (χ2n) is 5.84. The van der Waals surface area contributed by atoms with Gasteiger partial charge in [0.15, 0.2) is 11.4 Å². The van der Waals surface area contributed by atoms with Gasteiger partial charge in [-0.3, -0.25) is 15.5 Å². The molecule has 3 N–H and O–H groups in total. The average molecular weight is 355 g/mol. The number of fused-ring (bicyclic) bond motifs is 1. The molecule has 7 heteroatoms. The lowest BCUT2D eigenvalue weighted by molar-refractivity contribution is -0.115. The van der Waals surface area contributed by atoms with Gasteiger partial charge in [0.1, 0.15) is 5.52 Å². The Morgan fingerprint density at radius 1 is 1.28 bits per heavy atom. The predicted octanol–water partition coefficient (Wildman–Crippen LogP) is 3.69. The Hall–Kier alpha value is -2.86. The van der Waals surface area contributed by atoms with Crippen LogP contribution in [0.25, 0.3) is 11.1 Å². The van der Waals surface area contributed by atoms with Crippen LogP contribution in [0.5, 0.6) is 0 Å².